The summed E-state index contributed by atoms with van der Waals surface area (Å²) in [5.41, 5.74) is 1.37. The third-order valence-electron chi connectivity index (χ3n) is 4.04. The minimum absolute atomic E-state index is 0.200. The fourth-order valence-corrected chi connectivity index (χ4v) is 2.50. The zero-order chi connectivity index (χ0) is 19.6. The van der Waals surface area contributed by atoms with Crippen LogP contribution in [0.3, 0.4) is 0 Å². The Morgan fingerprint density at radius 3 is 2.33 bits per heavy atom. The molecular formula is C22H28N2O3. The lowest BCUT2D eigenvalue weighted by Gasteiger charge is -2.14. The Kier molecular flexibility index (Phi) is 7.86. The van der Waals surface area contributed by atoms with Gasteiger partial charge < -0.3 is 15.4 Å². The van der Waals surface area contributed by atoms with E-state index in [0.29, 0.717) is 41.6 Å². The fourth-order valence-electron chi connectivity index (χ4n) is 2.50. The third kappa shape index (κ3) is 6.13. The molecule has 0 aliphatic rings. The molecule has 0 unspecified atom stereocenters. The summed E-state index contributed by atoms with van der Waals surface area (Å²) in [5.74, 6) is 0.572. The largest absolute Gasteiger partial charge is 0.493 e. The summed E-state index contributed by atoms with van der Waals surface area (Å²) in [6.07, 6.45) is 1.76. The molecule has 0 aliphatic heterocycles. The number of carbonyl (C=O) groups excluding carboxylic acids is 2. The highest BCUT2D eigenvalue weighted by Gasteiger charge is 2.16. The van der Waals surface area contributed by atoms with Crippen LogP contribution in [0.2, 0.25) is 0 Å². The zero-order valence-electron chi connectivity index (χ0n) is 16.2. The Morgan fingerprint density at radius 2 is 1.63 bits per heavy atom. The lowest BCUT2D eigenvalue weighted by molar-refractivity contribution is 0.0954. The number of anilines is 1. The minimum atomic E-state index is -0.300. The lowest BCUT2D eigenvalue weighted by Crippen LogP contribution is -2.26. The van der Waals surface area contributed by atoms with Gasteiger partial charge in [-0.15, -0.1) is 0 Å². The number of carbonyl (C=O) groups is 2. The fraction of sp³-hybridized carbons (Fsp3) is 0.364. The van der Waals surface area contributed by atoms with Gasteiger partial charge in [-0.2, -0.15) is 0 Å². The van der Waals surface area contributed by atoms with Gasteiger partial charge in [-0.1, -0.05) is 45.0 Å². The summed E-state index contributed by atoms with van der Waals surface area (Å²) in [6.45, 7) is 7.39. The van der Waals surface area contributed by atoms with Crippen molar-refractivity contribution >= 4 is 17.5 Å². The highest BCUT2D eigenvalue weighted by molar-refractivity contribution is 6.10. The molecule has 0 radical (unpaired) electrons. The molecule has 2 rings (SSSR count). The van der Waals surface area contributed by atoms with Gasteiger partial charge in [0.25, 0.3) is 11.8 Å². The van der Waals surface area contributed by atoms with Crippen LogP contribution < -0.4 is 15.4 Å². The van der Waals surface area contributed by atoms with Crippen LogP contribution in [0.1, 0.15) is 54.3 Å². The third-order valence-corrected chi connectivity index (χ3v) is 4.04. The van der Waals surface area contributed by atoms with Crippen molar-refractivity contribution in [3.63, 3.8) is 0 Å². The van der Waals surface area contributed by atoms with E-state index >= 15 is 0 Å². The Labute approximate surface area is 161 Å². The number of rotatable bonds is 9. The minimum Gasteiger partial charge on any atom is -0.493 e. The Hall–Kier alpha value is -2.82. The predicted molar refractivity (Wildman–Crippen MR) is 108 cm³/mol. The van der Waals surface area contributed by atoms with Crippen molar-refractivity contribution in [2.75, 3.05) is 18.5 Å². The molecule has 0 fully saturated rings. The summed E-state index contributed by atoms with van der Waals surface area (Å²) in [4.78, 5) is 25.1. The van der Waals surface area contributed by atoms with Crippen LogP contribution in [0.5, 0.6) is 5.75 Å². The summed E-state index contributed by atoms with van der Waals surface area (Å²) in [6, 6.07) is 14.1. The highest BCUT2D eigenvalue weighted by atomic mass is 16.5. The van der Waals surface area contributed by atoms with Crippen molar-refractivity contribution in [3.05, 3.63) is 59.7 Å². The van der Waals surface area contributed by atoms with Gasteiger partial charge in [0.1, 0.15) is 5.75 Å². The molecule has 0 spiro atoms. The molecular weight excluding hydrogens is 340 g/mol. The second-order valence-electron chi connectivity index (χ2n) is 6.78. The monoisotopic (exact) mass is 368 g/mol. The number of nitrogens with one attached hydrogen (secondary N) is 2. The van der Waals surface area contributed by atoms with Crippen LogP contribution in [0.15, 0.2) is 48.5 Å². The molecule has 0 saturated heterocycles. The van der Waals surface area contributed by atoms with Crippen LogP contribution >= 0.6 is 0 Å². The lowest BCUT2D eigenvalue weighted by atomic mass is 10.1. The molecule has 0 bridgehead atoms. The predicted octanol–water partition coefficient (Wildman–Crippen LogP) is 4.50. The van der Waals surface area contributed by atoms with Crippen molar-refractivity contribution in [1.82, 2.24) is 5.32 Å². The quantitative estimate of drug-likeness (QED) is 0.685. The van der Waals surface area contributed by atoms with E-state index in [0.717, 1.165) is 12.8 Å². The highest BCUT2D eigenvalue weighted by Crippen LogP contribution is 2.22. The summed E-state index contributed by atoms with van der Waals surface area (Å²) >= 11 is 0. The molecule has 2 aromatic carbocycles. The second-order valence-corrected chi connectivity index (χ2v) is 6.78. The number of benzene rings is 2. The average molecular weight is 368 g/mol. The van der Waals surface area contributed by atoms with Crippen LogP contribution in [0.4, 0.5) is 5.69 Å². The van der Waals surface area contributed by atoms with E-state index in [4.69, 9.17) is 4.74 Å². The van der Waals surface area contributed by atoms with Gasteiger partial charge in [0.15, 0.2) is 0 Å². The topological polar surface area (TPSA) is 67.4 Å². The number of ether oxygens (including phenoxy) is 1. The average Bonchev–Trinajstić information content (AvgIpc) is 2.66. The van der Waals surface area contributed by atoms with E-state index in [1.807, 2.05) is 13.0 Å². The van der Waals surface area contributed by atoms with Gasteiger partial charge in [-0.25, -0.2) is 0 Å². The smallest absolute Gasteiger partial charge is 0.259 e. The molecule has 0 heterocycles. The van der Waals surface area contributed by atoms with E-state index in [2.05, 4.69) is 24.5 Å². The molecule has 0 aliphatic carbocycles. The first kappa shape index (κ1) is 20.5. The van der Waals surface area contributed by atoms with E-state index in [9.17, 15) is 9.59 Å². The Morgan fingerprint density at radius 1 is 0.963 bits per heavy atom. The number of amides is 2. The van der Waals surface area contributed by atoms with Crippen LogP contribution in [-0.4, -0.2) is 25.0 Å². The summed E-state index contributed by atoms with van der Waals surface area (Å²) < 4.78 is 5.80. The van der Waals surface area contributed by atoms with Gasteiger partial charge in [0.2, 0.25) is 0 Å². The van der Waals surface area contributed by atoms with Crippen molar-refractivity contribution < 1.29 is 14.3 Å². The van der Waals surface area contributed by atoms with Gasteiger partial charge in [-0.05, 0) is 43.0 Å². The van der Waals surface area contributed by atoms with Gasteiger partial charge in [-0.3, -0.25) is 9.59 Å². The molecule has 144 valence electrons. The Balaban J connectivity index is 2.15. The zero-order valence-corrected chi connectivity index (χ0v) is 16.2. The maximum Gasteiger partial charge on any atom is 0.259 e. The molecule has 5 nitrogen and oxygen atoms in total. The van der Waals surface area contributed by atoms with Crippen molar-refractivity contribution in [1.29, 1.82) is 0 Å². The molecule has 0 atom stereocenters. The first-order valence-electron chi connectivity index (χ1n) is 9.43. The van der Waals surface area contributed by atoms with Gasteiger partial charge in [0.05, 0.1) is 23.4 Å². The van der Waals surface area contributed by atoms with Crippen molar-refractivity contribution in [2.24, 2.45) is 5.92 Å². The number of para-hydroxylation sites is 2. The maximum absolute atomic E-state index is 12.8. The van der Waals surface area contributed by atoms with E-state index in [-0.39, 0.29) is 11.8 Å². The first-order valence-corrected chi connectivity index (χ1v) is 9.43. The van der Waals surface area contributed by atoms with E-state index in [1.54, 1.807) is 42.5 Å². The van der Waals surface area contributed by atoms with Crippen LogP contribution in [0.25, 0.3) is 0 Å². The second kappa shape index (κ2) is 10.4. The molecule has 0 aromatic heterocycles. The standard InChI is InChI=1S/C22H28N2O3/c1-4-14-23-21(25)17-9-5-7-11-19(17)24-22(26)18-10-6-8-12-20(18)27-15-13-16(2)3/h5-12,16H,4,13-15H2,1-3H3,(H,23,25)(H,24,26). The molecule has 2 amide bonds. The van der Waals surface area contributed by atoms with Crippen molar-refractivity contribution in [3.8, 4) is 5.75 Å². The normalized spacial score (nSPS) is 10.5. The summed E-state index contributed by atoms with van der Waals surface area (Å²) in [7, 11) is 0. The van der Waals surface area contributed by atoms with E-state index in [1.165, 1.54) is 0 Å². The molecule has 0 saturated carbocycles. The van der Waals surface area contributed by atoms with Gasteiger partial charge >= 0.3 is 0 Å². The van der Waals surface area contributed by atoms with E-state index < -0.39 is 0 Å². The number of hydrogen-bond donors (Lipinski definition) is 2. The SMILES string of the molecule is CCCNC(=O)c1ccccc1NC(=O)c1ccccc1OCCC(C)C. The molecule has 2 aromatic rings. The van der Waals surface area contributed by atoms with Crippen LogP contribution in [-0.2, 0) is 0 Å². The number of hydrogen-bond acceptors (Lipinski definition) is 3. The van der Waals surface area contributed by atoms with Crippen LogP contribution in [0, 0.1) is 5.92 Å². The maximum atomic E-state index is 12.8. The van der Waals surface area contributed by atoms with Crippen molar-refractivity contribution in [2.45, 2.75) is 33.6 Å². The Bertz CT molecular complexity index is 772. The molecule has 5 heteroatoms. The molecule has 27 heavy (non-hydrogen) atoms. The molecule has 2 N–H and O–H groups in total. The first-order chi connectivity index (χ1) is 13.0. The van der Waals surface area contributed by atoms with Gasteiger partial charge in [0, 0.05) is 6.54 Å². The summed E-state index contributed by atoms with van der Waals surface area (Å²) in [5, 5.41) is 5.68.